The van der Waals surface area contributed by atoms with Gasteiger partial charge in [0.25, 0.3) is 0 Å². The molecule has 17 heavy (non-hydrogen) atoms. The molecule has 1 aliphatic rings. The maximum Gasteiger partial charge on any atom is 0.0645 e. The number of halogens is 1. The van der Waals surface area contributed by atoms with E-state index in [9.17, 15) is 0 Å². The number of morpholine rings is 1. The first-order valence-corrected chi connectivity index (χ1v) is 6.23. The Morgan fingerprint density at radius 1 is 1.47 bits per heavy atom. The Hall–Kier alpha value is -0.770. The summed E-state index contributed by atoms with van der Waals surface area (Å²) in [6.45, 7) is 7.72. The van der Waals surface area contributed by atoms with Crippen LogP contribution in [0.3, 0.4) is 0 Å². The second kappa shape index (κ2) is 4.84. The monoisotopic (exact) mass is 254 g/mol. The molecule has 3 nitrogen and oxygen atoms in total. The van der Waals surface area contributed by atoms with Crippen LogP contribution in [0.4, 0.5) is 5.69 Å². The van der Waals surface area contributed by atoms with Crippen molar-refractivity contribution in [1.29, 1.82) is 0 Å². The van der Waals surface area contributed by atoms with E-state index in [0.29, 0.717) is 5.69 Å². The topological polar surface area (TPSA) is 38.5 Å². The molecule has 0 amide bonds. The Labute approximate surface area is 107 Å². The maximum absolute atomic E-state index is 6.20. The largest absolute Gasteiger partial charge is 0.399 e. The summed E-state index contributed by atoms with van der Waals surface area (Å²) in [5.41, 5.74) is 7.58. The Morgan fingerprint density at radius 2 is 2.24 bits per heavy atom. The minimum Gasteiger partial charge on any atom is -0.399 e. The van der Waals surface area contributed by atoms with Gasteiger partial charge in [-0.2, -0.15) is 0 Å². The number of hydrogen-bond acceptors (Lipinski definition) is 3. The van der Waals surface area contributed by atoms with E-state index in [4.69, 9.17) is 22.1 Å². The van der Waals surface area contributed by atoms with Gasteiger partial charge < -0.3 is 10.5 Å². The third-order valence-electron chi connectivity index (χ3n) is 3.26. The quantitative estimate of drug-likeness (QED) is 0.825. The molecule has 1 heterocycles. The number of ether oxygens (including phenoxy) is 1. The van der Waals surface area contributed by atoms with Crippen molar-refractivity contribution < 1.29 is 4.74 Å². The first kappa shape index (κ1) is 12.7. The molecule has 0 bridgehead atoms. The van der Waals surface area contributed by atoms with E-state index in [2.05, 4.69) is 18.7 Å². The summed E-state index contributed by atoms with van der Waals surface area (Å²) in [5.74, 6) is 0. The lowest BCUT2D eigenvalue weighted by Crippen LogP contribution is -2.52. The number of benzene rings is 1. The SMILES string of the molecule is CC1(C)COCCN1Cc1ccc(N)cc1Cl. The van der Waals surface area contributed by atoms with Crippen molar-refractivity contribution in [2.75, 3.05) is 25.5 Å². The number of nitrogens with zero attached hydrogens (tertiary/aromatic N) is 1. The van der Waals surface area contributed by atoms with Crippen LogP contribution >= 0.6 is 11.6 Å². The molecule has 1 aliphatic heterocycles. The van der Waals surface area contributed by atoms with E-state index in [1.54, 1.807) is 0 Å². The smallest absolute Gasteiger partial charge is 0.0645 e. The second-order valence-corrected chi connectivity index (χ2v) is 5.54. The van der Waals surface area contributed by atoms with Gasteiger partial charge in [-0.3, -0.25) is 4.90 Å². The fourth-order valence-electron chi connectivity index (χ4n) is 2.08. The van der Waals surface area contributed by atoms with Crippen molar-refractivity contribution in [2.24, 2.45) is 0 Å². The summed E-state index contributed by atoms with van der Waals surface area (Å²) in [6, 6.07) is 5.71. The van der Waals surface area contributed by atoms with Gasteiger partial charge in [-0.05, 0) is 31.5 Å². The third kappa shape index (κ3) is 2.92. The molecule has 1 aromatic rings. The van der Waals surface area contributed by atoms with Crippen LogP contribution in [0, 0.1) is 0 Å². The molecule has 0 unspecified atom stereocenters. The summed E-state index contributed by atoms with van der Waals surface area (Å²) in [4.78, 5) is 2.40. The summed E-state index contributed by atoms with van der Waals surface area (Å²) >= 11 is 6.20. The Kier molecular flexibility index (Phi) is 3.61. The van der Waals surface area contributed by atoms with E-state index in [0.717, 1.165) is 36.9 Å². The van der Waals surface area contributed by atoms with Crippen LogP contribution in [0.25, 0.3) is 0 Å². The highest BCUT2D eigenvalue weighted by Gasteiger charge is 2.30. The molecule has 1 saturated heterocycles. The van der Waals surface area contributed by atoms with Crippen LogP contribution in [0.2, 0.25) is 5.02 Å². The minimum atomic E-state index is 0.0585. The Bertz CT molecular complexity index is 406. The molecule has 1 aromatic carbocycles. The van der Waals surface area contributed by atoms with E-state index in [1.165, 1.54) is 0 Å². The number of nitrogen functional groups attached to an aromatic ring is 1. The van der Waals surface area contributed by atoms with Gasteiger partial charge in [-0.15, -0.1) is 0 Å². The van der Waals surface area contributed by atoms with Gasteiger partial charge in [0.05, 0.1) is 13.2 Å². The molecule has 0 spiro atoms. The molecule has 0 aliphatic carbocycles. The number of nitrogens with two attached hydrogens (primary N) is 1. The standard InChI is InChI=1S/C13H19ClN2O/c1-13(2)9-17-6-5-16(13)8-10-3-4-11(15)7-12(10)14/h3-4,7H,5-6,8-9,15H2,1-2H3. The van der Waals surface area contributed by atoms with E-state index < -0.39 is 0 Å². The van der Waals surface area contributed by atoms with Crippen LogP contribution in [0.5, 0.6) is 0 Å². The number of rotatable bonds is 2. The molecule has 0 aromatic heterocycles. The van der Waals surface area contributed by atoms with Crippen LogP contribution < -0.4 is 5.73 Å². The van der Waals surface area contributed by atoms with E-state index in [-0.39, 0.29) is 5.54 Å². The lowest BCUT2D eigenvalue weighted by Gasteiger charge is -2.42. The molecule has 0 atom stereocenters. The predicted octanol–water partition coefficient (Wildman–Crippen LogP) is 2.53. The van der Waals surface area contributed by atoms with Gasteiger partial charge in [-0.1, -0.05) is 17.7 Å². The molecule has 94 valence electrons. The molecular formula is C13H19ClN2O. The fourth-order valence-corrected chi connectivity index (χ4v) is 2.33. The average Bonchev–Trinajstić information content (AvgIpc) is 2.24. The van der Waals surface area contributed by atoms with Gasteiger partial charge in [0.1, 0.15) is 0 Å². The van der Waals surface area contributed by atoms with Crippen molar-refractivity contribution in [3.63, 3.8) is 0 Å². The highest BCUT2D eigenvalue weighted by Crippen LogP contribution is 2.26. The molecule has 0 radical (unpaired) electrons. The Morgan fingerprint density at radius 3 is 2.88 bits per heavy atom. The van der Waals surface area contributed by atoms with Gasteiger partial charge in [-0.25, -0.2) is 0 Å². The van der Waals surface area contributed by atoms with Crippen LogP contribution in [-0.4, -0.2) is 30.2 Å². The van der Waals surface area contributed by atoms with Crippen LogP contribution in [0.15, 0.2) is 18.2 Å². The second-order valence-electron chi connectivity index (χ2n) is 5.14. The van der Waals surface area contributed by atoms with Gasteiger partial charge in [0, 0.05) is 29.3 Å². The first-order valence-electron chi connectivity index (χ1n) is 5.86. The van der Waals surface area contributed by atoms with E-state index in [1.807, 2.05) is 18.2 Å². The van der Waals surface area contributed by atoms with Crippen molar-refractivity contribution in [2.45, 2.75) is 25.9 Å². The normalized spacial score (nSPS) is 20.4. The molecule has 0 saturated carbocycles. The first-order chi connectivity index (χ1) is 7.99. The Balaban J connectivity index is 2.14. The predicted molar refractivity (Wildman–Crippen MR) is 71.2 cm³/mol. The zero-order chi connectivity index (χ0) is 12.5. The lowest BCUT2D eigenvalue weighted by molar-refractivity contribution is -0.0552. The van der Waals surface area contributed by atoms with Crippen molar-refractivity contribution >= 4 is 17.3 Å². The van der Waals surface area contributed by atoms with Gasteiger partial charge in [0.2, 0.25) is 0 Å². The average molecular weight is 255 g/mol. The fraction of sp³-hybridized carbons (Fsp3) is 0.538. The summed E-state index contributed by atoms with van der Waals surface area (Å²) < 4.78 is 5.51. The summed E-state index contributed by atoms with van der Waals surface area (Å²) in [5, 5.41) is 0.743. The molecule has 1 fully saturated rings. The third-order valence-corrected chi connectivity index (χ3v) is 3.61. The van der Waals surface area contributed by atoms with Crippen LogP contribution in [-0.2, 0) is 11.3 Å². The molecular weight excluding hydrogens is 236 g/mol. The number of hydrogen-bond donors (Lipinski definition) is 1. The minimum absolute atomic E-state index is 0.0585. The van der Waals surface area contributed by atoms with Gasteiger partial charge in [0.15, 0.2) is 0 Å². The van der Waals surface area contributed by atoms with Crippen molar-refractivity contribution in [1.82, 2.24) is 4.90 Å². The summed E-state index contributed by atoms with van der Waals surface area (Å²) in [7, 11) is 0. The molecule has 4 heteroatoms. The zero-order valence-electron chi connectivity index (χ0n) is 10.4. The highest BCUT2D eigenvalue weighted by atomic mass is 35.5. The zero-order valence-corrected chi connectivity index (χ0v) is 11.1. The van der Waals surface area contributed by atoms with Crippen molar-refractivity contribution in [3.8, 4) is 0 Å². The summed E-state index contributed by atoms with van der Waals surface area (Å²) in [6.07, 6.45) is 0. The lowest BCUT2D eigenvalue weighted by atomic mass is 10.0. The molecule has 2 N–H and O–H groups in total. The molecule has 2 rings (SSSR count). The highest BCUT2D eigenvalue weighted by molar-refractivity contribution is 6.31. The maximum atomic E-state index is 6.20. The van der Waals surface area contributed by atoms with Crippen LogP contribution in [0.1, 0.15) is 19.4 Å². The number of anilines is 1. The van der Waals surface area contributed by atoms with Gasteiger partial charge >= 0.3 is 0 Å². The van der Waals surface area contributed by atoms with E-state index >= 15 is 0 Å². The van der Waals surface area contributed by atoms with Crippen molar-refractivity contribution in [3.05, 3.63) is 28.8 Å².